The second-order valence-electron chi connectivity index (χ2n) is 3.12. The molecule has 25 heavy (non-hydrogen) atoms. The summed E-state index contributed by atoms with van der Waals surface area (Å²) in [6.45, 7) is 0. The fourth-order valence-corrected chi connectivity index (χ4v) is 0.714. The summed E-state index contributed by atoms with van der Waals surface area (Å²) in [7, 11) is 0. The molecule has 0 unspecified atom stereocenters. The van der Waals surface area contributed by atoms with Crippen LogP contribution in [0.15, 0.2) is 0 Å². The van der Waals surface area contributed by atoms with Gasteiger partial charge in [-0.05, 0) is 0 Å². The van der Waals surface area contributed by atoms with E-state index in [0.717, 1.165) is 0 Å². The molecule has 0 atom stereocenters. The molecule has 0 saturated heterocycles. The molecule has 0 fully saturated rings. The van der Waals surface area contributed by atoms with Gasteiger partial charge < -0.3 is 35.7 Å². The van der Waals surface area contributed by atoms with Crippen molar-refractivity contribution in [1.82, 2.24) is 0 Å². The van der Waals surface area contributed by atoms with Crippen molar-refractivity contribution in [2.45, 2.75) is 18.4 Å². The summed E-state index contributed by atoms with van der Waals surface area (Å²) in [6.07, 6.45) is -5.81. The van der Waals surface area contributed by atoms with Crippen LogP contribution in [0.5, 0.6) is 0 Å². The van der Waals surface area contributed by atoms with Gasteiger partial charge in [-0.15, -0.1) is 0 Å². The monoisotopic (exact) mass is 422 g/mol. The molecular weight excluding hydrogens is 406 g/mol. The Labute approximate surface area is 212 Å². The van der Waals surface area contributed by atoms with Crippen LogP contribution in [0.2, 0.25) is 0 Å². The summed E-state index contributed by atoms with van der Waals surface area (Å²) in [6, 6.07) is 0. The van der Waals surface area contributed by atoms with Crippen molar-refractivity contribution in [3.8, 4) is 0 Å². The molecule has 17 heteroatoms. The number of rotatable bonds is 5. The zero-order valence-electron chi connectivity index (χ0n) is 10.4. The first kappa shape index (κ1) is 40.0. The minimum atomic E-state index is -2.74. The summed E-state index contributed by atoms with van der Waals surface area (Å²) < 4.78 is 0. The van der Waals surface area contributed by atoms with E-state index in [9.17, 15) is 14.4 Å². The van der Waals surface area contributed by atoms with E-state index in [4.69, 9.17) is 50.6 Å². The van der Waals surface area contributed by atoms with Gasteiger partial charge in [0.05, 0.1) is 12.8 Å². The third-order valence-corrected chi connectivity index (χ3v) is 1.36. The van der Waals surface area contributed by atoms with Crippen molar-refractivity contribution in [2.24, 2.45) is 0 Å². The van der Waals surface area contributed by atoms with Crippen molar-refractivity contribution in [2.75, 3.05) is 0 Å². The van der Waals surface area contributed by atoms with Crippen LogP contribution in [0, 0.1) is 0 Å². The van der Waals surface area contributed by atoms with Crippen LogP contribution >= 0.6 is 0 Å². The maximum absolute atomic E-state index is 10.3. The molecule has 0 bridgehead atoms. The predicted molar refractivity (Wildman–Crippen MR) is 82.3 cm³/mol. The molecule has 0 aromatic rings. The van der Waals surface area contributed by atoms with Crippen molar-refractivity contribution in [1.29, 1.82) is 0 Å². The van der Waals surface area contributed by atoms with Gasteiger partial charge in [-0.2, -0.15) is 5.26 Å². The molecule has 0 aromatic heterocycles. The molecule has 0 rings (SSSR count). The summed E-state index contributed by atoms with van der Waals surface area (Å²) >= 11 is 0. The van der Waals surface area contributed by atoms with Crippen LogP contribution in [0.4, 0.5) is 9.59 Å². The first-order valence-electron chi connectivity index (χ1n) is 4.64. The van der Waals surface area contributed by atoms with Gasteiger partial charge in [0.15, 0.2) is 5.60 Å². The number of carboxylic acids is 3. The van der Waals surface area contributed by atoms with E-state index < -0.39 is 48.7 Å². The Balaban J connectivity index is -0.0000000638. The van der Waals surface area contributed by atoms with Crippen LogP contribution in [0.3, 0.4) is 0 Å². The maximum atomic E-state index is 10.3. The van der Waals surface area contributed by atoms with Gasteiger partial charge in [0.2, 0.25) is 0 Å². The molecule has 0 saturated carbocycles. The Morgan fingerprint density at radius 1 is 0.760 bits per heavy atom. The number of aliphatic carboxylic acids is 3. The second-order valence-corrected chi connectivity index (χ2v) is 3.12. The number of carboxylic acid groups (broad SMARTS) is 6. The summed E-state index contributed by atoms with van der Waals surface area (Å²) in [4.78, 5) is 50.6. The molecule has 0 radical (unpaired) electrons. The Morgan fingerprint density at radius 2 is 0.960 bits per heavy atom. The first-order valence-corrected chi connectivity index (χ1v) is 4.64. The molecule has 0 aliphatic rings. The van der Waals surface area contributed by atoms with Crippen LogP contribution in [0.1, 0.15) is 12.8 Å². The molecule has 8 N–H and O–H groups in total. The van der Waals surface area contributed by atoms with E-state index in [1.807, 2.05) is 0 Å². The Bertz CT molecular complexity index is 407. The van der Waals surface area contributed by atoms with E-state index in [2.05, 4.69) is 4.89 Å². The minimum absolute atomic E-state index is 0. The third-order valence-electron chi connectivity index (χ3n) is 1.36. The van der Waals surface area contributed by atoms with Crippen molar-refractivity contribution in [3.05, 3.63) is 0 Å². The van der Waals surface area contributed by atoms with Gasteiger partial charge >= 0.3 is 127 Å². The van der Waals surface area contributed by atoms with E-state index in [1.54, 1.807) is 0 Å². The average Bonchev–Trinajstić information content (AvgIpc) is 2.26. The van der Waals surface area contributed by atoms with Crippen molar-refractivity contribution < 1.29 is 69.9 Å². The number of carbonyl (C=O) groups is 5. The standard InChI is InChI=1S/C6H8O7.CH2O4.CH2O3.Ca.2Na.4H/c7-3(8)1-6(13,5(11)12)2-4(9)10;2-1(3)5-4;2-1(3)4;;;;;;;/h13H,1-2H2,(H,7,8)(H,9,10)(H,11,12);4H,(H,2,3);(H2,2,3,4);;;;;;;. The topological polar surface area (TPSA) is 256 Å². The molecule has 0 heterocycles. The number of hydrogen-bond acceptors (Lipinski definition) is 8. The van der Waals surface area contributed by atoms with Crippen LogP contribution in [-0.4, -0.2) is 174 Å². The van der Waals surface area contributed by atoms with Crippen molar-refractivity contribution >= 4 is 127 Å². The zero-order chi connectivity index (χ0) is 18.5. The summed E-state index contributed by atoms with van der Waals surface area (Å²) in [5.41, 5.74) is -2.74. The fourth-order valence-electron chi connectivity index (χ4n) is 0.714. The van der Waals surface area contributed by atoms with E-state index in [-0.39, 0.29) is 96.9 Å². The SMILES string of the molecule is O=C(O)CC(O)(CC(=O)O)C(=O)O.O=C(O)O.O=C(O)OO.[CaH2].[NaH].[NaH]. The molecule has 0 amide bonds. The molecule has 0 spiro atoms. The molecular formula is C8H16CaNa2O14. The van der Waals surface area contributed by atoms with E-state index in [1.165, 1.54) is 0 Å². The van der Waals surface area contributed by atoms with Gasteiger partial charge in [-0.25, -0.2) is 14.4 Å². The third kappa shape index (κ3) is 36.0. The number of aliphatic hydroxyl groups is 1. The Hall–Kier alpha value is 0.130. The van der Waals surface area contributed by atoms with Gasteiger partial charge in [0, 0.05) is 0 Å². The predicted octanol–water partition coefficient (Wildman–Crippen LogP) is -3.09. The van der Waals surface area contributed by atoms with Crippen LogP contribution in [0.25, 0.3) is 0 Å². The van der Waals surface area contributed by atoms with E-state index >= 15 is 0 Å². The number of hydrogen-bond donors (Lipinski definition) is 8. The first-order chi connectivity index (χ1) is 9.78. The molecule has 14 nitrogen and oxygen atoms in total. The Kier molecular flexibility index (Phi) is 35.5. The Morgan fingerprint density at radius 3 is 1.04 bits per heavy atom. The van der Waals surface area contributed by atoms with Gasteiger partial charge in [0.25, 0.3) is 0 Å². The molecule has 0 aliphatic heterocycles. The van der Waals surface area contributed by atoms with Gasteiger partial charge in [0.1, 0.15) is 0 Å². The van der Waals surface area contributed by atoms with Crippen molar-refractivity contribution in [3.63, 3.8) is 0 Å². The van der Waals surface area contributed by atoms with Crippen LogP contribution < -0.4 is 0 Å². The quantitative estimate of drug-likeness (QED) is 0.124. The average molecular weight is 422 g/mol. The molecule has 0 aliphatic carbocycles. The summed E-state index contributed by atoms with van der Waals surface area (Å²) in [5.74, 6) is -5.02. The molecule has 0 aromatic carbocycles. The normalized spacial score (nSPS) is 7.92. The van der Waals surface area contributed by atoms with E-state index in [0.29, 0.717) is 0 Å². The van der Waals surface area contributed by atoms with Gasteiger partial charge in [-0.3, -0.25) is 14.5 Å². The summed E-state index contributed by atoms with van der Waals surface area (Å²) in [5, 5.41) is 62.0. The van der Waals surface area contributed by atoms with Crippen LogP contribution in [-0.2, 0) is 19.3 Å². The second kappa shape index (κ2) is 22.2. The van der Waals surface area contributed by atoms with Gasteiger partial charge in [-0.1, -0.05) is 0 Å². The zero-order valence-corrected chi connectivity index (χ0v) is 10.4. The molecule has 136 valence electrons. The fraction of sp³-hybridized carbons (Fsp3) is 0.375.